The molecule has 0 fully saturated rings. The van der Waals surface area contributed by atoms with Crippen molar-refractivity contribution in [3.05, 3.63) is 0 Å². The third kappa shape index (κ3) is 36.0. The van der Waals surface area contributed by atoms with Crippen molar-refractivity contribution in [1.82, 2.24) is 0 Å². The van der Waals surface area contributed by atoms with E-state index in [0.29, 0.717) is 0 Å². The summed E-state index contributed by atoms with van der Waals surface area (Å²) >= 11 is 0. The first kappa shape index (κ1) is 23.5. The Morgan fingerprint density at radius 3 is 1.44 bits per heavy atom. The molecule has 0 aliphatic rings. The van der Waals surface area contributed by atoms with Crippen LogP contribution >= 0.6 is 0 Å². The molecule has 0 saturated heterocycles. The van der Waals surface area contributed by atoms with Crippen molar-refractivity contribution in [2.24, 2.45) is 0 Å². The number of carbonyl (C=O) groups excluding carboxylic acids is 1. The van der Waals surface area contributed by atoms with E-state index >= 15 is 0 Å². The van der Waals surface area contributed by atoms with Gasteiger partial charge in [-0.05, 0) is 19.8 Å². The summed E-state index contributed by atoms with van der Waals surface area (Å²) in [6, 6.07) is 0. The molecular formula is C14H31NNaO2. The fraction of sp³-hybridized carbons (Fsp3) is 0.929. The van der Waals surface area contributed by atoms with E-state index in [1.54, 1.807) is 0 Å². The maximum Gasteiger partial charge on any atom is 0.0739 e. The summed E-state index contributed by atoms with van der Waals surface area (Å²) in [6.07, 6.45) is 14.2. The van der Waals surface area contributed by atoms with Gasteiger partial charge in [0.1, 0.15) is 0 Å². The summed E-state index contributed by atoms with van der Waals surface area (Å²) in [4.78, 5) is 8.89. The van der Waals surface area contributed by atoms with Crippen LogP contribution in [0.4, 0.5) is 0 Å². The van der Waals surface area contributed by atoms with E-state index in [2.05, 4.69) is 12.7 Å². The van der Waals surface area contributed by atoms with Crippen LogP contribution in [-0.2, 0) is 4.79 Å². The van der Waals surface area contributed by atoms with E-state index in [9.17, 15) is 0 Å². The topological polar surface area (TPSA) is 67.8 Å². The van der Waals surface area contributed by atoms with Crippen LogP contribution in [0.1, 0.15) is 78.1 Å². The molecule has 1 radical (unpaired) electrons. The largest absolute Gasteiger partial charge is 0.550 e. The zero-order chi connectivity index (χ0) is 13.4. The molecule has 3 nitrogen and oxygen atoms in total. The van der Waals surface area contributed by atoms with E-state index < -0.39 is 5.97 Å². The van der Waals surface area contributed by atoms with E-state index in [-0.39, 0.29) is 29.6 Å². The second-order valence-electron chi connectivity index (χ2n) is 4.53. The molecule has 0 heterocycles. The molecule has 0 aromatic rings. The first-order valence-electron chi connectivity index (χ1n) is 7.12. The fourth-order valence-electron chi connectivity index (χ4n) is 1.66. The number of rotatable bonds is 10. The molecule has 105 valence electrons. The van der Waals surface area contributed by atoms with Crippen LogP contribution in [0.5, 0.6) is 0 Å². The maximum atomic E-state index is 8.89. The molecule has 0 bridgehead atoms. The van der Waals surface area contributed by atoms with Crippen molar-refractivity contribution < 1.29 is 15.6 Å². The van der Waals surface area contributed by atoms with E-state index in [1.807, 2.05) is 0 Å². The Morgan fingerprint density at radius 1 is 0.889 bits per heavy atom. The second kappa shape index (κ2) is 22.6. The number of carbonyl (C=O) groups is 1. The minimum atomic E-state index is -1.08. The molecule has 0 aromatic carbocycles. The molecule has 0 aliphatic heterocycles. The zero-order valence-electron chi connectivity index (χ0n) is 12.8. The van der Waals surface area contributed by atoms with Gasteiger partial charge in [-0.3, -0.25) is 0 Å². The summed E-state index contributed by atoms with van der Waals surface area (Å²) < 4.78 is 0. The second-order valence-corrected chi connectivity index (χ2v) is 4.53. The molecule has 4 heteroatoms. The van der Waals surface area contributed by atoms with Gasteiger partial charge in [-0.25, -0.2) is 0 Å². The quantitative estimate of drug-likeness (QED) is 0.482. The molecule has 0 rings (SSSR count). The zero-order valence-corrected chi connectivity index (χ0v) is 14.8. The monoisotopic (exact) mass is 268 g/mol. The number of hydrogen-bond donors (Lipinski definition) is 1. The molecule has 0 aliphatic carbocycles. The molecule has 0 saturated carbocycles. The van der Waals surface area contributed by atoms with Gasteiger partial charge in [0.05, 0.1) is 6.54 Å². The Hall–Kier alpha value is 0.430. The maximum absolute atomic E-state index is 8.89. The molecule has 0 unspecified atom stereocenters. The molecule has 0 atom stereocenters. The van der Waals surface area contributed by atoms with Crippen molar-refractivity contribution in [2.75, 3.05) is 6.54 Å². The van der Waals surface area contributed by atoms with Crippen LogP contribution in [0.3, 0.4) is 0 Å². The Kier molecular flexibility index (Phi) is 29.5. The van der Waals surface area contributed by atoms with Gasteiger partial charge in [-0.2, -0.15) is 0 Å². The molecule has 0 amide bonds. The van der Waals surface area contributed by atoms with Crippen molar-refractivity contribution in [3.8, 4) is 0 Å². The molecule has 3 N–H and O–H groups in total. The standard InChI is InChI=1S/C12H27N.C2H4O2.Na/c1-2-3-4-5-6-7-8-9-10-11-12-13;1-2(3)4;/h2-13H2,1H3;1H3,(H,3,4);. The van der Waals surface area contributed by atoms with Gasteiger partial charge in [0.15, 0.2) is 0 Å². The van der Waals surface area contributed by atoms with Gasteiger partial charge in [-0.1, -0.05) is 58.3 Å². The summed E-state index contributed by atoms with van der Waals surface area (Å²) in [7, 11) is 0. The SMILES string of the molecule is CC(=O)[O-].CCCCCCCCCCCC[NH3+].[Na]. The van der Waals surface area contributed by atoms with Gasteiger partial charge < -0.3 is 15.6 Å². The van der Waals surface area contributed by atoms with Crippen LogP contribution in [0.25, 0.3) is 0 Å². The smallest absolute Gasteiger partial charge is 0.0739 e. The van der Waals surface area contributed by atoms with E-state index in [1.165, 1.54) is 64.2 Å². The minimum absolute atomic E-state index is 0. The van der Waals surface area contributed by atoms with Crippen LogP contribution in [0.15, 0.2) is 0 Å². The van der Waals surface area contributed by atoms with E-state index in [4.69, 9.17) is 9.90 Å². The minimum Gasteiger partial charge on any atom is -0.550 e. The number of carboxylic acids is 1. The first-order valence-corrected chi connectivity index (χ1v) is 7.12. The Balaban J connectivity index is -0.000000392. The third-order valence-electron chi connectivity index (χ3n) is 2.60. The number of quaternary nitrogens is 1. The van der Waals surface area contributed by atoms with Gasteiger partial charge in [0, 0.05) is 35.5 Å². The van der Waals surface area contributed by atoms with Gasteiger partial charge >= 0.3 is 0 Å². The van der Waals surface area contributed by atoms with E-state index in [0.717, 1.165) is 13.5 Å². The van der Waals surface area contributed by atoms with Gasteiger partial charge in [-0.15, -0.1) is 0 Å². The normalized spacial score (nSPS) is 9.06. The fourth-order valence-corrected chi connectivity index (χ4v) is 1.66. The summed E-state index contributed by atoms with van der Waals surface area (Å²) in [5.41, 5.74) is 3.85. The van der Waals surface area contributed by atoms with Crippen molar-refractivity contribution >= 4 is 35.5 Å². The molecule has 18 heavy (non-hydrogen) atoms. The number of aliphatic carboxylic acids is 1. The number of hydrogen-bond acceptors (Lipinski definition) is 2. The summed E-state index contributed by atoms with van der Waals surface area (Å²) in [6.45, 7) is 4.37. The predicted molar refractivity (Wildman–Crippen MR) is 76.0 cm³/mol. The Bertz CT molecular complexity index is 141. The van der Waals surface area contributed by atoms with Crippen molar-refractivity contribution in [2.45, 2.75) is 78.1 Å². The molecular weight excluding hydrogens is 237 g/mol. The van der Waals surface area contributed by atoms with Crippen LogP contribution in [0.2, 0.25) is 0 Å². The van der Waals surface area contributed by atoms with Gasteiger partial charge in [0.2, 0.25) is 0 Å². The van der Waals surface area contributed by atoms with Crippen LogP contribution in [-0.4, -0.2) is 42.1 Å². The third-order valence-corrected chi connectivity index (χ3v) is 2.60. The van der Waals surface area contributed by atoms with Crippen LogP contribution in [0, 0.1) is 0 Å². The van der Waals surface area contributed by atoms with Gasteiger partial charge in [0.25, 0.3) is 0 Å². The number of carboxylic acid groups (broad SMARTS) is 1. The number of unbranched alkanes of at least 4 members (excludes halogenated alkanes) is 9. The average Bonchev–Trinajstić information content (AvgIpc) is 2.26. The predicted octanol–water partition coefficient (Wildman–Crippen LogP) is 1.52. The average molecular weight is 268 g/mol. The van der Waals surface area contributed by atoms with Crippen molar-refractivity contribution in [1.29, 1.82) is 0 Å². The van der Waals surface area contributed by atoms with Crippen molar-refractivity contribution in [3.63, 3.8) is 0 Å². The summed E-state index contributed by atoms with van der Waals surface area (Å²) in [5.74, 6) is -1.08. The first-order chi connectivity index (χ1) is 8.15. The Labute approximate surface area is 135 Å². The molecule has 0 spiro atoms. The van der Waals surface area contributed by atoms with Crippen LogP contribution < -0.4 is 10.8 Å². The Morgan fingerprint density at radius 2 is 1.17 bits per heavy atom. The summed E-state index contributed by atoms with van der Waals surface area (Å²) in [5, 5.41) is 8.89. The molecule has 0 aromatic heterocycles.